The molecule has 14 nitrogen and oxygen atoms in total. The van der Waals surface area contributed by atoms with Crippen LogP contribution in [0.25, 0.3) is 10.4 Å². The quantitative estimate of drug-likeness (QED) is 0.0382. The summed E-state index contributed by atoms with van der Waals surface area (Å²) >= 11 is 7.67. The molecule has 2 aromatic heterocycles. The summed E-state index contributed by atoms with van der Waals surface area (Å²) in [5.41, 5.74) is 9.02. The largest absolute Gasteiger partial charge is 0.493 e. The second-order valence-electron chi connectivity index (χ2n) is 19.8. The number of ketones is 3. The van der Waals surface area contributed by atoms with Crippen LogP contribution in [0, 0.1) is 19.8 Å². The molecule has 4 heterocycles. The highest BCUT2D eigenvalue weighted by molar-refractivity contribution is 7.13. The summed E-state index contributed by atoms with van der Waals surface area (Å²) in [6, 6.07) is 28.0. The highest BCUT2D eigenvalue weighted by Gasteiger charge is 2.45. The minimum Gasteiger partial charge on any atom is -0.493 e. The zero-order chi connectivity index (χ0) is 53.7. The van der Waals surface area contributed by atoms with Crippen LogP contribution in [0.3, 0.4) is 0 Å². The summed E-state index contributed by atoms with van der Waals surface area (Å²) in [4.78, 5) is 80.3. The smallest absolute Gasteiger partial charge is 0.255 e. The second-order valence-corrected chi connectivity index (χ2v) is 21.0. The molecule has 2 amide bonds. The average Bonchev–Trinajstić information content (AvgIpc) is 4.13. The number of ether oxygens (including phenoxy) is 4. The molecule has 0 bridgehead atoms. The highest BCUT2D eigenvalue weighted by Crippen LogP contribution is 2.35. The van der Waals surface area contributed by atoms with Crippen molar-refractivity contribution in [3.63, 3.8) is 0 Å². The van der Waals surface area contributed by atoms with E-state index in [1.807, 2.05) is 94.4 Å². The van der Waals surface area contributed by atoms with Crippen molar-refractivity contribution in [1.29, 1.82) is 0 Å². The number of pyridine rings is 1. The number of aliphatic hydroxyl groups is 1. The third-order valence-electron chi connectivity index (χ3n) is 13.7. The van der Waals surface area contributed by atoms with Gasteiger partial charge in [-0.3, -0.25) is 29.0 Å². The average molecular weight is 1070 g/mol. The summed E-state index contributed by atoms with van der Waals surface area (Å²) < 4.78 is 23.9. The molecule has 0 saturated carbocycles. The molecule has 0 spiro atoms. The molecular formula is C60H65ClN4O10S. The predicted octanol–water partition coefficient (Wildman–Crippen LogP) is 10.2. The van der Waals surface area contributed by atoms with Gasteiger partial charge in [-0.05, 0) is 102 Å². The third kappa shape index (κ3) is 14.4. The fourth-order valence-electron chi connectivity index (χ4n) is 9.75. The van der Waals surface area contributed by atoms with Gasteiger partial charge in [0.1, 0.15) is 34.8 Å². The number of amides is 2. The lowest BCUT2D eigenvalue weighted by Gasteiger charge is -2.35. The van der Waals surface area contributed by atoms with E-state index in [0.29, 0.717) is 105 Å². The molecule has 16 heteroatoms. The number of likely N-dealkylation sites (tertiary alicyclic amines) is 1. The van der Waals surface area contributed by atoms with Crippen molar-refractivity contribution >= 4 is 52.1 Å². The Balaban J connectivity index is 0.744. The number of benzene rings is 4. The number of aromatic nitrogens is 2. The summed E-state index contributed by atoms with van der Waals surface area (Å²) in [7, 11) is 0. The maximum Gasteiger partial charge on any atom is 0.255 e. The van der Waals surface area contributed by atoms with E-state index in [4.69, 9.17) is 30.5 Å². The van der Waals surface area contributed by atoms with Crippen LogP contribution in [0.2, 0.25) is 5.02 Å². The number of thiazole rings is 1. The van der Waals surface area contributed by atoms with Crippen molar-refractivity contribution in [2.24, 2.45) is 5.92 Å². The fraction of sp³-hybridized carbons (Fsp3) is 0.383. The first-order chi connectivity index (χ1) is 36.7. The zero-order valence-electron chi connectivity index (χ0n) is 43.5. The van der Waals surface area contributed by atoms with Crippen LogP contribution in [-0.4, -0.2) is 112 Å². The van der Waals surface area contributed by atoms with Crippen molar-refractivity contribution < 1.29 is 48.0 Å². The number of carbonyl (C=O) groups excluding carboxylic acids is 5. The van der Waals surface area contributed by atoms with Crippen LogP contribution in [0.4, 0.5) is 0 Å². The van der Waals surface area contributed by atoms with Crippen LogP contribution in [-0.2, 0) is 49.7 Å². The Morgan fingerprint density at radius 3 is 2.30 bits per heavy atom. The van der Waals surface area contributed by atoms with Gasteiger partial charge in [-0.15, -0.1) is 11.3 Å². The minimum atomic E-state index is -0.848. The summed E-state index contributed by atoms with van der Waals surface area (Å²) in [5, 5.41) is 11.5. The van der Waals surface area contributed by atoms with Crippen molar-refractivity contribution in [1.82, 2.24) is 19.8 Å². The predicted molar refractivity (Wildman–Crippen MR) is 291 cm³/mol. The monoisotopic (exact) mass is 1070 g/mol. The number of hydrogen-bond acceptors (Lipinski definition) is 13. The summed E-state index contributed by atoms with van der Waals surface area (Å²) in [6.45, 7) is 9.94. The first-order valence-corrected chi connectivity index (χ1v) is 27.2. The number of hydrogen-bond donors (Lipinski definition) is 1. The minimum absolute atomic E-state index is 0.0319. The molecule has 398 valence electrons. The molecule has 1 saturated heterocycles. The first kappa shape index (κ1) is 55.6. The summed E-state index contributed by atoms with van der Waals surface area (Å²) in [6.07, 6.45) is 3.33. The normalized spacial score (nSPS) is 15.5. The molecule has 8 rings (SSSR count). The number of Topliss-reactive ketones (excluding diaryl/α,β-unsaturated/α-hetero) is 3. The summed E-state index contributed by atoms with van der Waals surface area (Å²) in [5.74, 6) is 0.793. The van der Waals surface area contributed by atoms with Gasteiger partial charge < -0.3 is 33.9 Å². The van der Waals surface area contributed by atoms with Gasteiger partial charge in [0.15, 0.2) is 11.6 Å². The van der Waals surface area contributed by atoms with E-state index in [9.17, 15) is 29.1 Å². The second kappa shape index (κ2) is 26.4. The van der Waals surface area contributed by atoms with E-state index in [0.717, 1.165) is 44.0 Å². The maximum absolute atomic E-state index is 14.3. The van der Waals surface area contributed by atoms with Crippen molar-refractivity contribution in [3.8, 4) is 27.7 Å². The van der Waals surface area contributed by atoms with Gasteiger partial charge in [-0.1, -0.05) is 80.0 Å². The number of β-amino-alcohol motifs (C(OH)–C–C–N with tert-alkyl or cyclic N) is 1. The number of halogens is 1. The lowest BCUT2D eigenvalue weighted by atomic mass is 9.97. The number of nitrogens with zero attached hydrogens (tertiary/aromatic N) is 4. The molecule has 2 aliphatic heterocycles. The van der Waals surface area contributed by atoms with Crippen molar-refractivity contribution in [2.45, 2.75) is 104 Å². The number of aliphatic hydroxyl groups excluding tert-OH is 1. The Morgan fingerprint density at radius 2 is 1.57 bits per heavy atom. The van der Waals surface area contributed by atoms with Gasteiger partial charge in [0.05, 0.1) is 48.0 Å². The van der Waals surface area contributed by atoms with Gasteiger partial charge in [-0.25, -0.2) is 4.98 Å². The lowest BCUT2D eigenvalue weighted by molar-refractivity contribution is -0.142. The molecule has 2 aliphatic rings. The molecule has 0 unspecified atom stereocenters. The van der Waals surface area contributed by atoms with Gasteiger partial charge in [-0.2, -0.15) is 0 Å². The molecule has 4 aromatic carbocycles. The Kier molecular flexibility index (Phi) is 19.3. The molecule has 1 fully saturated rings. The van der Waals surface area contributed by atoms with Crippen LogP contribution in [0.15, 0.2) is 109 Å². The lowest BCUT2D eigenvalue weighted by Crippen LogP contribution is -2.54. The van der Waals surface area contributed by atoms with Gasteiger partial charge >= 0.3 is 0 Å². The standard InChI is InChI=1S/C60H65ClN4O10S/c1-38(2)57(65-35-45-9-5-6-10-50(45)59(65)70)60(71)64-36-47(67)33-53(64)55(69)21-17-43-15-16-44(58-40(4)63-37-76-58)32-56(43)74-26-8-25-73-28-27-72-24-7-11-54(68)52-34-49(22-23-62-52)75-48-18-12-41(13-19-48)30-46(66)31-42-14-20-51(61)39(3)29-42/h5-6,9-10,12-16,18-20,22-23,29,32,34,37-38,47,53,57,67H,7-8,11,17,21,24-28,30-31,33,35-36H2,1-4H3/t47-,53+,57+/m1/s1. The molecule has 76 heavy (non-hydrogen) atoms. The van der Waals surface area contributed by atoms with Crippen LogP contribution >= 0.6 is 22.9 Å². The molecule has 0 radical (unpaired) electrons. The Bertz CT molecular complexity index is 3020. The van der Waals surface area contributed by atoms with E-state index in [-0.39, 0.29) is 60.9 Å². The molecular weight excluding hydrogens is 1000 g/mol. The SMILES string of the molecule is Cc1cc(CC(=O)Cc2ccc(Oc3ccnc(C(=O)CCCOCCOCCCOc4cc(-c5scnc5C)ccc4CCC(=O)[C@@H]4C[C@@H](O)CN4C(=O)[C@H](C(C)C)N4Cc5ccccc5C4=O)c3)cc2)ccc1Cl. The number of fused-ring (bicyclic) bond motifs is 1. The van der Waals surface area contributed by atoms with E-state index in [1.54, 1.807) is 58.3 Å². The van der Waals surface area contributed by atoms with Crippen LogP contribution in [0.5, 0.6) is 17.2 Å². The molecule has 6 aromatic rings. The van der Waals surface area contributed by atoms with E-state index >= 15 is 0 Å². The topological polar surface area (TPSA) is 175 Å². The number of aryl methyl sites for hydroxylation is 3. The number of carbonyl (C=O) groups is 5. The fourth-order valence-corrected chi connectivity index (χ4v) is 10.7. The zero-order valence-corrected chi connectivity index (χ0v) is 45.1. The van der Waals surface area contributed by atoms with E-state index in [2.05, 4.69) is 9.97 Å². The Hall–Kier alpha value is -6.62. The maximum atomic E-state index is 14.3. The van der Waals surface area contributed by atoms with E-state index in [1.165, 1.54) is 4.90 Å². The van der Waals surface area contributed by atoms with Crippen molar-refractivity contribution in [2.75, 3.05) is 39.6 Å². The van der Waals surface area contributed by atoms with Gasteiger partial charge in [0.25, 0.3) is 5.91 Å². The van der Waals surface area contributed by atoms with Crippen molar-refractivity contribution in [3.05, 3.63) is 159 Å². The number of rotatable bonds is 27. The third-order valence-corrected chi connectivity index (χ3v) is 15.1. The van der Waals surface area contributed by atoms with Gasteiger partial charge in [0.2, 0.25) is 5.91 Å². The van der Waals surface area contributed by atoms with E-state index < -0.39 is 18.2 Å². The van der Waals surface area contributed by atoms with Gasteiger partial charge in [0, 0.05) is 87.7 Å². The Labute approximate surface area is 453 Å². The molecule has 1 N–H and O–H groups in total. The molecule has 0 aliphatic carbocycles. The highest BCUT2D eigenvalue weighted by atomic mass is 35.5. The first-order valence-electron chi connectivity index (χ1n) is 26.0. The van der Waals surface area contributed by atoms with Crippen LogP contribution in [0.1, 0.15) is 100 Å². The molecule has 3 atom stereocenters. The van der Waals surface area contributed by atoms with Crippen LogP contribution < -0.4 is 9.47 Å². The Morgan fingerprint density at radius 1 is 0.816 bits per heavy atom.